The van der Waals surface area contributed by atoms with Crippen molar-refractivity contribution < 1.29 is 23.8 Å². The summed E-state index contributed by atoms with van der Waals surface area (Å²) in [4.78, 5) is 26.5. The maximum Gasteiger partial charge on any atom is 0.414 e. The monoisotopic (exact) mass is 355 g/mol. The van der Waals surface area contributed by atoms with E-state index in [2.05, 4.69) is 0 Å². The molecule has 0 aliphatic carbocycles. The van der Waals surface area contributed by atoms with E-state index in [0.29, 0.717) is 11.4 Å². The number of hydrogen-bond donors (Lipinski definition) is 0. The molecule has 2 aromatic rings. The molecule has 136 valence electrons. The summed E-state index contributed by atoms with van der Waals surface area (Å²) in [5.41, 5.74) is 0.152. The second-order valence-corrected chi connectivity index (χ2v) is 6.15. The summed E-state index contributed by atoms with van der Waals surface area (Å²) in [6.45, 7) is 3.73. The number of fused-ring (bicyclic) bond motifs is 1. The number of benzene rings is 2. The average molecular weight is 355 g/mol. The van der Waals surface area contributed by atoms with Crippen LogP contribution >= 0.6 is 0 Å². The minimum Gasteiger partial charge on any atom is -0.472 e. The van der Waals surface area contributed by atoms with E-state index >= 15 is 0 Å². The van der Waals surface area contributed by atoms with Gasteiger partial charge >= 0.3 is 12.1 Å². The largest absolute Gasteiger partial charge is 0.472 e. The summed E-state index contributed by atoms with van der Waals surface area (Å²) in [7, 11) is 0. The van der Waals surface area contributed by atoms with Crippen molar-refractivity contribution in [3.05, 3.63) is 60.2 Å². The van der Waals surface area contributed by atoms with Crippen LogP contribution in [0.2, 0.25) is 0 Å². The second kappa shape index (κ2) is 7.47. The van der Waals surface area contributed by atoms with Crippen LogP contribution in [-0.2, 0) is 20.9 Å². The van der Waals surface area contributed by atoms with Crippen LogP contribution < -0.4 is 9.64 Å². The molecule has 1 heterocycles. The molecule has 0 bridgehead atoms. The van der Waals surface area contributed by atoms with Gasteiger partial charge in [0.1, 0.15) is 12.4 Å². The van der Waals surface area contributed by atoms with E-state index in [0.717, 1.165) is 5.56 Å². The number of rotatable bonds is 4. The normalized spacial score (nSPS) is 18.5. The number of amides is 1. The Hall–Kier alpha value is -3.02. The van der Waals surface area contributed by atoms with Gasteiger partial charge in [0.2, 0.25) is 5.60 Å². The highest BCUT2D eigenvalue weighted by molar-refractivity contribution is 5.93. The van der Waals surface area contributed by atoms with Crippen molar-refractivity contribution in [3.8, 4) is 5.75 Å². The maximum atomic E-state index is 12.7. The fourth-order valence-corrected chi connectivity index (χ4v) is 2.78. The Labute approximate surface area is 152 Å². The van der Waals surface area contributed by atoms with Crippen LogP contribution in [0.5, 0.6) is 5.75 Å². The first-order valence-corrected chi connectivity index (χ1v) is 8.47. The van der Waals surface area contributed by atoms with Crippen molar-refractivity contribution in [2.75, 3.05) is 18.1 Å². The van der Waals surface area contributed by atoms with Gasteiger partial charge in [0.25, 0.3) is 0 Å². The number of ether oxygens (including phenoxy) is 3. The van der Waals surface area contributed by atoms with Gasteiger partial charge < -0.3 is 14.2 Å². The van der Waals surface area contributed by atoms with Crippen LogP contribution in [0, 0.1) is 0 Å². The lowest BCUT2D eigenvalue weighted by atomic mass is 10.0. The summed E-state index contributed by atoms with van der Waals surface area (Å²) in [5.74, 6) is -0.0821. The zero-order valence-corrected chi connectivity index (χ0v) is 14.8. The minimum atomic E-state index is -1.30. The van der Waals surface area contributed by atoms with E-state index in [1.165, 1.54) is 4.90 Å². The molecular formula is C20H21NO5. The summed E-state index contributed by atoms with van der Waals surface area (Å²) < 4.78 is 16.4. The van der Waals surface area contributed by atoms with Gasteiger partial charge in [0.05, 0.1) is 18.8 Å². The molecule has 26 heavy (non-hydrogen) atoms. The average Bonchev–Trinajstić information content (AvgIpc) is 2.66. The van der Waals surface area contributed by atoms with Crippen molar-refractivity contribution in [1.29, 1.82) is 0 Å². The van der Waals surface area contributed by atoms with Gasteiger partial charge in [0.15, 0.2) is 0 Å². The van der Waals surface area contributed by atoms with Crippen LogP contribution in [0.15, 0.2) is 54.6 Å². The van der Waals surface area contributed by atoms with E-state index in [-0.39, 0.29) is 19.8 Å². The molecular weight excluding hydrogens is 334 g/mol. The van der Waals surface area contributed by atoms with Crippen molar-refractivity contribution in [1.82, 2.24) is 0 Å². The summed E-state index contributed by atoms with van der Waals surface area (Å²) >= 11 is 0. The van der Waals surface area contributed by atoms with Crippen LogP contribution in [0.1, 0.15) is 19.4 Å². The number of carbonyl (C=O) groups excluding carboxylic acids is 2. The lowest BCUT2D eigenvalue weighted by Crippen LogP contribution is -2.56. The third-order valence-electron chi connectivity index (χ3n) is 4.08. The van der Waals surface area contributed by atoms with E-state index in [4.69, 9.17) is 14.2 Å². The van der Waals surface area contributed by atoms with Crippen molar-refractivity contribution in [2.24, 2.45) is 0 Å². The predicted molar refractivity (Wildman–Crippen MR) is 96.1 cm³/mol. The number of para-hydroxylation sites is 2. The minimum absolute atomic E-state index is 0.0104. The highest BCUT2D eigenvalue weighted by Gasteiger charge is 2.45. The molecule has 3 rings (SSSR count). The maximum absolute atomic E-state index is 12.7. The molecule has 0 spiro atoms. The third kappa shape index (κ3) is 3.64. The smallest absolute Gasteiger partial charge is 0.414 e. The van der Waals surface area contributed by atoms with Crippen LogP contribution in [0.25, 0.3) is 0 Å². The van der Waals surface area contributed by atoms with Crippen LogP contribution in [-0.4, -0.2) is 30.8 Å². The third-order valence-corrected chi connectivity index (χ3v) is 4.08. The first kappa shape index (κ1) is 17.8. The molecule has 0 fully saturated rings. The number of carbonyl (C=O) groups is 2. The quantitative estimate of drug-likeness (QED) is 0.785. The first-order chi connectivity index (χ1) is 12.5. The molecule has 6 heteroatoms. The summed E-state index contributed by atoms with van der Waals surface area (Å²) in [6.07, 6.45) is -0.542. The van der Waals surface area contributed by atoms with Crippen LogP contribution in [0.4, 0.5) is 10.5 Å². The highest BCUT2D eigenvalue weighted by atomic mass is 16.6. The molecule has 1 unspecified atom stereocenters. The van der Waals surface area contributed by atoms with E-state index in [1.807, 2.05) is 30.3 Å². The number of nitrogens with zero attached hydrogens (tertiary/aromatic N) is 1. The topological polar surface area (TPSA) is 65.1 Å². The number of hydrogen-bond acceptors (Lipinski definition) is 5. The second-order valence-electron chi connectivity index (χ2n) is 6.15. The Morgan fingerprint density at radius 2 is 1.77 bits per heavy atom. The highest BCUT2D eigenvalue weighted by Crippen LogP contribution is 2.37. The van der Waals surface area contributed by atoms with Gasteiger partial charge in [-0.05, 0) is 31.5 Å². The Balaban J connectivity index is 1.82. The molecule has 0 radical (unpaired) electrons. The summed E-state index contributed by atoms with van der Waals surface area (Å²) in [6, 6.07) is 16.5. The van der Waals surface area contributed by atoms with Crippen molar-refractivity contribution >= 4 is 17.7 Å². The van der Waals surface area contributed by atoms with Gasteiger partial charge in [-0.15, -0.1) is 0 Å². The van der Waals surface area contributed by atoms with Gasteiger partial charge in [-0.3, -0.25) is 4.90 Å². The SMILES string of the molecule is CCOC(=O)C1(C)CN(C(=O)OCc2ccccc2)c2ccccc2O1. The van der Waals surface area contributed by atoms with E-state index < -0.39 is 17.7 Å². The molecule has 2 aromatic carbocycles. The van der Waals surface area contributed by atoms with Crippen molar-refractivity contribution in [3.63, 3.8) is 0 Å². The van der Waals surface area contributed by atoms with Gasteiger partial charge in [0, 0.05) is 0 Å². The summed E-state index contributed by atoms with van der Waals surface area (Å²) in [5, 5.41) is 0. The standard InChI is InChI=1S/C20H21NO5/c1-3-24-18(22)20(2)14-21(16-11-7-8-12-17(16)26-20)19(23)25-13-15-9-5-4-6-10-15/h4-12H,3,13-14H2,1-2H3. The molecule has 0 N–H and O–H groups in total. The fourth-order valence-electron chi connectivity index (χ4n) is 2.78. The molecule has 1 atom stereocenters. The molecule has 1 amide bonds. The van der Waals surface area contributed by atoms with Crippen molar-refractivity contribution in [2.45, 2.75) is 26.1 Å². The van der Waals surface area contributed by atoms with Gasteiger partial charge in [-0.2, -0.15) is 0 Å². The number of anilines is 1. The molecule has 1 aliphatic heterocycles. The first-order valence-electron chi connectivity index (χ1n) is 8.47. The molecule has 6 nitrogen and oxygen atoms in total. The molecule has 0 aromatic heterocycles. The van der Waals surface area contributed by atoms with E-state index in [9.17, 15) is 9.59 Å². The lowest BCUT2D eigenvalue weighted by Gasteiger charge is -2.39. The molecule has 0 saturated heterocycles. The zero-order chi connectivity index (χ0) is 18.6. The number of esters is 1. The predicted octanol–water partition coefficient (Wildman–Crippen LogP) is 3.54. The Kier molecular flexibility index (Phi) is 5.11. The molecule has 0 saturated carbocycles. The fraction of sp³-hybridized carbons (Fsp3) is 0.300. The van der Waals surface area contributed by atoms with Gasteiger partial charge in [-0.1, -0.05) is 42.5 Å². The van der Waals surface area contributed by atoms with E-state index in [1.54, 1.807) is 38.1 Å². The zero-order valence-electron chi connectivity index (χ0n) is 14.8. The van der Waals surface area contributed by atoms with Gasteiger partial charge in [-0.25, -0.2) is 9.59 Å². The van der Waals surface area contributed by atoms with Crippen LogP contribution in [0.3, 0.4) is 0 Å². The Morgan fingerprint density at radius 1 is 1.08 bits per heavy atom. The lowest BCUT2D eigenvalue weighted by molar-refractivity contribution is -0.159. The Bertz CT molecular complexity index is 792. The Morgan fingerprint density at radius 3 is 2.50 bits per heavy atom. The molecule has 1 aliphatic rings.